The van der Waals surface area contributed by atoms with Crippen molar-refractivity contribution in [2.75, 3.05) is 7.11 Å². The molecule has 0 saturated heterocycles. The van der Waals surface area contributed by atoms with Crippen LogP contribution in [-0.4, -0.2) is 37.2 Å². The van der Waals surface area contributed by atoms with Gasteiger partial charge in [-0.3, -0.25) is 9.69 Å². The van der Waals surface area contributed by atoms with Crippen LogP contribution in [0.3, 0.4) is 0 Å². The molecule has 0 aliphatic heterocycles. The number of aromatic nitrogens is 5. The predicted octanol–water partition coefficient (Wildman–Crippen LogP) is 4.92. The Morgan fingerprint density at radius 3 is 2.39 bits per heavy atom. The van der Waals surface area contributed by atoms with Gasteiger partial charge in [-0.05, 0) is 58.7 Å². The molecular weight excluding hydrogens is 476 g/mol. The van der Waals surface area contributed by atoms with E-state index in [2.05, 4.69) is 56.6 Å². The summed E-state index contributed by atoms with van der Waals surface area (Å²) in [5.74, 6) is 1.55. The third kappa shape index (κ3) is 5.81. The van der Waals surface area contributed by atoms with Gasteiger partial charge in [0.15, 0.2) is 5.82 Å². The monoisotopic (exact) mass is 508 g/mol. The fourth-order valence-electron chi connectivity index (χ4n) is 4.88. The van der Waals surface area contributed by atoms with E-state index in [-0.39, 0.29) is 11.6 Å². The van der Waals surface area contributed by atoms with Gasteiger partial charge in [-0.2, -0.15) is 0 Å². The first-order valence-electron chi connectivity index (χ1n) is 12.9. The molecule has 8 nitrogen and oxygen atoms in total. The van der Waals surface area contributed by atoms with E-state index in [0.717, 1.165) is 40.9 Å². The predicted molar refractivity (Wildman–Crippen MR) is 148 cm³/mol. The van der Waals surface area contributed by atoms with Crippen molar-refractivity contribution in [2.45, 2.75) is 45.4 Å². The second kappa shape index (κ2) is 11.8. The normalized spacial score (nSPS) is 12.2. The van der Waals surface area contributed by atoms with Gasteiger partial charge >= 0.3 is 0 Å². The van der Waals surface area contributed by atoms with Crippen LogP contribution in [0.15, 0.2) is 89.7 Å². The molecule has 8 heteroatoms. The lowest BCUT2D eigenvalue weighted by Crippen LogP contribution is -2.32. The van der Waals surface area contributed by atoms with Gasteiger partial charge in [0.05, 0.1) is 13.2 Å². The average Bonchev–Trinajstić information content (AvgIpc) is 3.41. The van der Waals surface area contributed by atoms with Crippen LogP contribution >= 0.6 is 0 Å². The topological polar surface area (TPSA) is 88.9 Å². The smallest absolute Gasteiger partial charge is 0.252 e. The van der Waals surface area contributed by atoms with E-state index in [9.17, 15) is 4.79 Å². The maximum absolute atomic E-state index is 13.1. The van der Waals surface area contributed by atoms with E-state index in [4.69, 9.17) is 4.74 Å². The van der Waals surface area contributed by atoms with Crippen LogP contribution in [0.4, 0.5) is 0 Å². The molecule has 1 atom stereocenters. The highest BCUT2D eigenvalue weighted by Gasteiger charge is 2.26. The van der Waals surface area contributed by atoms with E-state index in [1.807, 2.05) is 65.3 Å². The van der Waals surface area contributed by atoms with E-state index in [1.54, 1.807) is 7.11 Å². The van der Waals surface area contributed by atoms with Crippen LogP contribution in [0, 0.1) is 0 Å². The molecule has 0 radical (unpaired) electrons. The first-order chi connectivity index (χ1) is 18.6. The summed E-state index contributed by atoms with van der Waals surface area (Å²) in [6, 6.07) is 28.2. The van der Waals surface area contributed by atoms with Crippen molar-refractivity contribution >= 4 is 10.9 Å². The Bertz CT molecular complexity index is 1530. The molecule has 2 heterocycles. The standard InChI is InChI=1S/C30H32N6O2/c1-3-28(29-32-33-34-36(29)17-16-22-10-6-4-7-11-22)35(20-23-12-8-5-9-13-23)21-25-18-24-19-26(38-2)14-15-27(24)31-30(25)37/h4-15,18-19,28H,3,16-17,20-21H2,1-2H3,(H,31,37). The fraction of sp³-hybridized carbons (Fsp3) is 0.267. The molecule has 1 N–H and O–H groups in total. The number of rotatable bonds is 11. The molecule has 0 spiro atoms. The number of methoxy groups -OCH3 is 1. The lowest BCUT2D eigenvalue weighted by molar-refractivity contribution is 0.160. The van der Waals surface area contributed by atoms with Crippen LogP contribution < -0.4 is 10.3 Å². The van der Waals surface area contributed by atoms with Gasteiger partial charge in [0.2, 0.25) is 0 Å². The van der Waals surface area contributed by atoms with Gasteiger partial charge < -0.3 is 9.72 Å². The highest BCUT2D eigenvalue weighted by Crippen LogP contribution is 2.27. The lowest BCUT2D eigenvalue weighted by atomic mass is 10.1. The number of aryl methyl sites for hydroxylation is 2. The number of H-pyrrole nitrogens is 1. The number of nitrogens with zero attached hydrogens (tertiary/aromatic N) is 5. The van der Waals surface area contributed by atoms with E-state index < -0.39 is 0 Å². The van der Waals surface area contributed by atoms with Crippen LogP contribution in [0.1, 0.15) is 41.9 Å². The third-order valence-corrected chi connectivity index (χ3v) is 6.87. The Kier molecular flexibility index (Phi) is 7.89. The Labute approximate surface area is 221 Å². The molecular formula is C30H32N6O2. The molecule has 38 heavy (non-hydrogen) atoms. The first-order valence-corrected chi connectivity index (χ1v) is 12.9. The second-order valence-electron chi connectivity index (χ2n) is 9.39. The van der Waals surface area contributed by atoms with Crippen LogP contribution in [0.5, 0.6) is 5.75 Å². The number of ether oxygens (including phenoxy) is 1. The minimum Gasteiger partial charge on any atom is -0.497 e. The van der Waals surface area contributed by atoms with Gasteiger partial charge in [0, 0.05) is 36.1 Å². The number of aromatic amines is 1. The molecule has 0 aliphatic carbocycles. The third-order valence-electron chi connectivity index (χ3n) is 6.87. The molecule has 3 aromatic carbocycles. The minimum absolute atomic E-state index is 0.0821. The number of fused-ring (bicyclic) bond motifs is 1. The Balaban J connectivity index is 1.48. The van der Waals surface area contributed by atoms with Gasteiger partial charge in [0.1, 0.15) is 5.75 Å². The highest BCUT2D eigenvalue weighted by atomic mass is 16.5. The van der Waals surface area contributed by atoms with Crippen molar-refractivity contribution in [1.29, 1.82) is 0 Å². The van der Waals surface area contributed by atoms with Gasteiger partial charge in [-0.15, -0.1) is 5.10 Å². The SMILES string of the molecule is CCC(c1nnnn1CCc1ccccc1)N(Cc1ccccc1)Cc1cc2cc(OC)ccc2[nH]c1=O. The van der Waals surface area contributed by atoms with Crippen molar-refractivity contribution in [3.8, 4) is 5.75 Å². The van der Waals surface area contributed by atoms with Crippen molar-refractivity contribution in [2.24, 2.45) is 0 Å². The molecule has 194 valence electrons. The molecule has 0 saturated carbocycles. The molecule has 0 aliphatic rings. The number of pyridine rings is 1. The molecule has 5 rings (SSSR count). The van der Waals surface area contributed by atoms with Crippen LogP contribution in [-0.2, 0) is 26.1 Å². The largest absolute Gasteiger partial charge is 0.497 e. The quantitative estimate of drug-likeness (QED) is 0.272. The molecule has 1 unspecified atom stereocenters. The number of tetrazole rings is 1. The zero-order valence-electron chi connectivity index (χ0n) is 21.7. The van der Waals surface area contributed by atoms with Gasteiger partial charge in [-0.1, -0.05) is 67.6 Å². The molecule has 0 fully saturated rings. The number of hydrogen-bond acceptors (Lipinski definition) is 6. The minimum atomic E-state index is -0.0979. The number of nitrogens with one attached hydrogen (secondary N) is 1. The van der Waals surface area contributed by atoms with Crippen molar-refractivity contribution in [1.82, 2.24) is 30.1 Å². The number of benzene rings is 3. The first kappa shape index (κ1) is 25.4. The zero-order valence-corrected chi connectivity index (χ0v) is 21.7. The molecule has 0 amide bonds. The summed E-state index contributed by atoms with van der Waals surface area (Å²) >= 11 is 0. The molecule has 0 bridgehead atoms. The van der Waals surface area contributed by atoms with E-state index >= 15 is 0 Å². The lowest BCUT2D eigenvalue weighted by Gasteiger charge is -2.30. The van der Waals surface area contributed by atoms with E-state index in [0.29, 0.717) is 25.2 Å². The summed E-state index contributed by atoms with van der Waals surface area (Å²) in [7, 11) is 1.64. The van der Waals surface area contributed by atoms with Crippen molar-refractivity contribution < 1.29 is 4.74 Å². The van der Waals surface area contributed by atoms with Gasteiger partial charge in [-0.25, -0.2) is 4.68 Å². The number of hydrogen-bond donors (Lipinski definition) is 1. The summed E-state index contributed by atoms with van der Waals surface area (Å²) in [5.41, 5.74) is 3.77. The van der Waals surface area contributed by atoms with Crippen LogP contribution in [0.25, 0.3) is 10.9 Å². The Hall–Kier alpha value is -4.30. The van der Waals surface area contributed by atoms with Gasteiger partial charge in [0.25, 0.3) is 5.56 Å². The maximum atomic E-state index is 13.1. The Morgan fingerprint density at radius 1 is 0.947 bits per heavy atom. The van der Waals surface area contributed by atoms with Crippen LogP contribution in [0.2, 0.25) is 0 Å². The zero-order chi connectivity index (χ0) is 26.3. The van der Waals surface area contributed by atoms with Crippen molar-refractivity contribution in [3.63, 3.8) is 0 Å². The Morgan fingerprint density at radius 2 is 1.68 bits per heavy atom. The van der Waals surface area contributed by atoms with E-state index in [1.165, 1.54) is 5.56 Å². The summed E-state index contributed by atoms with van der Waals surface area (Å²) in [4.78, 5) is 18.5. The van der Waals surface area contributed by atoms with Crippen molar-refractivity contribution in [3.05, 3.63) is 118 Å². The second-order valence-corrected chi connectivity index (χ2v) is 9.39. The average molecular weight is 509 g/mol. The molecule has 2 aromatic heterocycles. The summed E-state index contributed by atoms with van der Waals surface area (Å²) in [6.07, 6.45) is 1.62. The maximum Gasteiger partial charge on any atom is 0.252 e. The highest BCUT2D eigenvalue weighted by molar-refractivity contribution is 5.80. The summed E-state index contributed by atoms with van der Waals surface area (Å²) in [6.45, 7) is 3.91. The summed E-state index contributed by atoms with van der Waals surface area (Å²) < 4.78 is 7.30. The summed E-state index contributed by atoms with van der Waals surface area (Å²) in [5, 5.41) is 13.7. The fourth-order valence-corrected chi connectivity index (χ4v) is 4.88. The molecule has 5 aromatic rings.